The summed E-state index contributed by atoms with van der Waals surface area (Å²) in [4.78, 5) is 24.1. The van der Waals surface area contributed by atoms with Crippen molar-refractivity contribution in [2.45, 2.75) is 26.1 Å². The molecule has 1 atom stereocenters. The number of halogens is 2. The first-order chi connectivity index (χ1) is 23.2. The Morgan fingerprint density at radius 1 is 1.10 bits per heavy atom. The normalized spacial score (nSPS) is 14.5. The van der Waals surface area contributed by atoms with Crippen LogP contribution in [0.4, 0.5) is 8.78 Å². The van der Waals surface area contributed by atoms with E-state index in [0.717, 1.165) is 33.6 Å². The van der Waals surface area contributed by atoms with E-state index in [1.165, 1.54) is 24.5 Å². The van der Waals surface area contributed by atoms with Gasteiger partial charge in [0.1, 0.15) is 47.8 Å². The van der Waals surface area contributed by atoms with Crippen LogP contribution in [0.25, 0.3) is 54.9 Å². The van der Waals surface area contributed by atoms with E-state index >= 15 is 4.39 Å². The summed E-state index contributed by atoms with van der Waals surface area (Å²) in [6.07, 6.45) is 1.30. The third-order valence-corrected chi connectivity index (χ3v) is 9.69. The molecule has 4 aromatic heterocycles. The molecule has 0 radical (unpaired) electrons. The number of rotatable bonds is 9. The van der Waals surface area contributed by atoms with Crippen LogP contribution in [0.3, 0.4) is 0 Å². The van der Waals surface area contributed by atoms with Gasteiger partial charge in [-0.1, -0.05) is 12.6 Å². The van der Waals surface area contributed by atoms with Crippen molar-refractivity contribution in [1.29, 1.82) is 0 Å². The van der Waals surface area contributed by atoms with E-state index in [2.05, 4.69) is 11.6 Å². The number of amides is 1. The third-order valence-electron chi connectivity index (χ3n) is 8.77. The molecule has 1 N–H and O–H groups in total. The summed E-state index contributed by atoms with van der Waals surface area (Å²) >= 11 is 1.45. The van der Waals surface area contributed by atoms with Gasteiger partial charge in [-0.05, 0) is 42.6 Å². The third kappa shape index (κ3) is 5.24. The van der Waals surface area contributed by atoms with E-state index < -0.39 is 11.6 Å². The minimum Gasteiger partial charge on any atom is -0.490 e. The maximum absolute atomic E-state index is 16.1. The van der Waals surface area contributed by atoms with Gasteiger partial charge < -0.3 is 24.0 Å². The lowest BCUT2D eigenvalue weighted by atomic mass is 9.95. The van der Waals surface area contributed by atoms with Crippen LogP contribution >= 0.6 is 11.3 Å². The number of ether oxygens (including phenoxy) is 2. The van der Waals surface area contributed by atoms with Crippen molar-refractivity contribution in [2.24, 2.45) is 7.05 Å². The number of aryl methyl sites for hydroxylation is 1. The van der Waals surface area contributed by atoms with Crippen molar-refractivity contribution >= 4 is 38.4 Å². The zero-order valence-electron chi connectivity index (χ0n) is 26.5. The summed E-state index contributed by atoms with van der Waals surface area (Å²) in [5.74, 6) is -1.23. The first-order valence-corrected chi connectivity index (χ1v) is 16.2. The fraction of sp³-hybridized carbons (Fsp3) is 0.257. The number of aromatic nitrogens is 5. The quantitative estimate of drug-likeness (QED) is 0.143. The van der Waals surface area contributed by atoms with E-state index in [0.29, 0.717) is 52.5 Å². The van der Waals surface area contributed by atoms with Crippen molar-refractivity contribution in [1.82, 2.24) is 29.2 Å². The molecular weight excluding hydrogens is 638 g/mol. The number of aliphatic hydroxyl groups excluding tert-OH is 1. The maximum Gasteiger partial charge on any atom is 0.246 e. The summed E-state index contributed by atoms with van der Waals surface area (Å²) in [5.41, 5.74) is 5.01. The Balaban J connectivity index is 1.50. The Kier molecular flexibility index (Phi) is 8.27. The lowest BCUT2D eigenvalue weighted by molar-refractivity contribution is -0.129. The number of hydrogen-bond acceptors (Lipinski definition) is 8. The molecule has 1 aliphatic heterocycles. The number of carbonyl (C=O) groups excluding carboxylic acids is 1. The van der Waals surface area contributed by atoms with Crippen LogP contribution in [0.15, 0.2) is 60.5 Å². The van der Waals surface area contributed by atoms with Crippen LogP contribution in [-0.4, -0.2) is 67.1 Å². The van der Waals surface area contributed by atoms with E-state index in [-0.39, 0.29) is 43.1 Å². The maximum atomic E-state index is 16.1. The highest BCUT2D eigenvalue weighted by Crippen LogP contribution is 2.47. The highest BCUT2D eigenvalue weighted by atomic mass is 32.1. The van der Waals surface area contributed by atoms with Gasteiger partial charge in [-0.25, -0.2) is 18.7 Å². The molecule has 0 saturated carbocycles. The summed E-state index contributed by atoms with van der Waals surface area (Å²) in [6, 6.07) is 11.2. The second-order valence-electron chi connectivity index (χ2n) is 11.5. The molecule has 6 aromatic rings. The highest BCUT2D eigenvalue weighted by molar-refractivity contribution is 7.17. The Morgan fingerprint density at radius 2 is 1.94 bits per heavy atom. The molecule has 1 amide bonds. The molecule has 5 heterocycles. The Hall–Kier alpha value is -4.98. The molecule has 0 aliphatic carbocycles. The Labute approximate surface area is 278 Å². The minimum absolute atomic E-state index is 0.0133. The largest absolute Gasteiger partial charge is 0.490 e. The molecule has 0 fully saturated rings. The van der Waals surface area contributed by atoms with E-state index in [9.17, 15) is 14.3 Å². The molecule has 1 aliphatic rings. The molecular formula is C35H32F2N6O4S. The van der Waals surface area contributed by atoms with Crippen molar-refractivity contribution in [3.05, 3.63) is 83.7 Å². The number of fused-ring (bicyclic) bond motifs is 3. The van der Waals surface area contributed by atoms with E-state index in [1.54, 1.807) is 4.90 Å². The number of pyridine rings is 1. The van der Waals surface area contributed by atoms with Crippen molar-refractivity contribution in [2.75, 3.05) is 26.9 Å². The van der Waals surface area contributed by atoms with Gasteiger partial charge in [-0.3, -0.25) is 9.48 Å². The van der Waals surface area contributed by atoms with Gasteiger partial charge in [0.2, 0.25) is 5.91 Å². The molecule has 13 heteroatoms. The fourth-order valence-corrected chi connectivity index (χ4v) is 7.30. The van der Waals surface area contributed by atoms with Gasteiger partial charge in [-0.15, -0.1) is 11.3 Å². The number of aliphatic hydroxyl groups is 1. The number of imidazole rings is 1. The minimum atomic E-state index is -0.808. The van der Waals surface area contributed by atoms with Gasteiger partial charge in [0.05, 0.1) is 51.9 Å². The van der Waals surface area contributed by atoms with Gasteiger partial charge in [-0.2, -0.15) is 5.10 Å². The lowest BCUT2D eigenvalue weighted by Crippen LogP contribution is -2.40. The molecule has 0 unspecified atom stereocenters. The molecule has 0 saturated heterocycles. The number of benzene rings is 2. The smallest absolute Gasteiger partial charge is 0.246 e. The summed E-state index contributed by atoms with van der Waals surface area (Å²) in [5, 5.41) is 17.3. The van der Waals surface area contributed by atoms with E-state index in [4.69, 9.17) is 19.6 Å². The molecule has 10 nitrogen and oxygen atoms in total. The molecule has 0 spiro atoms. The van der Waals surface area contributed by atoms with Crippen LogP contribution in [0.2, 0.25) is 0 Å². The van der Waals surface area contributed by atoms with Crippen molar-refractivity contribution in [3.63, 3.8) is 0 Å². The summed E-state index contributed by atoms with van der Waals surface area (Å²) < 4.78 is 46.2. The second kappa shape index (κ2) is 12.6. The molecule has 0 bridgehead atoms. The average molecular weight is 671 g/mol. The Morgan fingerprint density at radius 3 is 2.71 bits per heavy atom. The topological polar surface area (TPSA) is 108 Å². The zero-order chi connectivity index (χ0) is 33.7. The predicted molar refractivity (Wildman–Crippen MR) is 180 cm³/mol. The zero-order valence-corrected chi connectivity index (χ0v) is 27.4. The van der Waals surface area contributed by atoms with Gasteiger partial charge in [0.25, 0.3) is 0 Å². The number of carbonyl (C=O) groups is 1. The number of methoxy groups -OCH3 is 1. The monoisotopic (exact) mass is 670 g/mol. The molecule has 7 rings (SSSR count). The summed E-state index contributed by atoms with van der Waals surface area (Å²) in [6.45, 7) is 6.54. The van der Waals surface area contributed by atoms with Gasteiger partial charge in [0.15, 0.2) is 0 Å². The highest BCUT2D eigenvalue weighted by Gasteiger charge is 2.31. The molecule has 2 aromatic carbocycles. The molecule has 48 heavy (non-hydrogen) atoms. The average Bonchev–Trinajstić information content (AvgIpc) is 3.82. The fourth-order valence-electron chi connectivity index (χ4n) is 6.39. The predicted octanol–water partition coefficient (Wildman–Crippen LogP) is 6.27. The van der Waals surface area contributed by atoms with E-state index in [1.807, 2.05) is 58.9 Å². The van der Waals surface area contributed by atoms with Crippen LogP contribution in [0.1, 0.15) is 24.5 Å². The van der Waals surface area contributed by atoms with Crippen LogP contribution in [0.5, 0.6) is 5.75 Å². The van der Waals surface area contributed by atoms with Crippen molar-refractivity contribution in [3.8, 4) is 39.5 Å². The number of thiophene rings is 1. The molecule has 246 valence electrons. The van der Waals surface area contributed by atoms with Crippen LogP contribution in [0, 0.1) is 11.6 Å². The number of hydrogen-bond donors (Lipinski definition) is 1. The first-order valence-electron chi connectivity index (χ1n) is 15.3. The Bertz CT molecular complexity index is 2220. The van der Waals surface area contributed by atoms with Crippen LogP contribution < -0.4 is 4.74 Å². The van der Waals surface area contributed by atoms with Crippen LogP contribution in [-0.2, 0) is 29.7 Å². The van der Waals surface area contributed by atoms with Gasteiger partial charge >= 0.3 is 0 Å². The lowest BCUT2D eigenvalue weighted by Gasteiger charge is -2.33. The van der Waals surface area contributed by atoms with Gasteiger partial charge in [0, 0.05) is 49.3 Å². The first kappa shape index (κ1) is 31.6. The van der Waals surface area contributed by atoms with Crippen molar-refractivity contribution < 1.29 is 28.2 Å². The number of nitrogens with zero attached hydrogens (tertiary/aromatic N) is 6. The second-order valence-corrected chi connectivity index (χ2v) is 12.4. The standard InChI is InChI=1S/C35H32F2N6O4S/c1-5-30(45)42-9-10-43-27(19(42)2)17-25(40-43)34-31(32-23(37)15-21(36)16-28(32)47-12-11-46-4)22-8-13-48-35(22)33(39-34)20-6-7-26-24(14-20)38-29(18-44)41(26)3/h5-8,13-17,19,44H,1,9-12,18H2,2-4H3/t19-/m1/s1. The SMILES string of the molecule is C=CC(=O)N1CCn2nc(-c3nc(-c4ccc5c(c4)nc(CO)n5C)c4sccc4c3-c3c(F)cc(F)cc3OCCOC)cc2[C@H]1C. The summed E-state index contributed by atoms with van der Waals surface area (Å²) in [7, 11) is 3.36.